The molecule has 0 radical (unpaired) electrons. The maximum absolute atomic E-state index is 12.9. The van der Waals surface area contributed by atoms with E-state index in [2.05, 4.69) is 4.98 Å². The van der Waals surface area contributed by atoms with Gasteiger partial charge in [0, 0.05) is 30.4 Å². The summed E-state index contributed by atoms with van der Waals surface area (Å²) >= 11 is 5.93. The molecule has 1 aromatic carbocycles. The molecule has 0 aliphatic carbocycles. The van der Waals surface area contributed by atoms with E-state index in [0.717, 1.165) is 6.54 Å². The van der Waals surface area contributed by atoms with Crippen molar-refractivity contribution in [2.45, 2.75) is 26.0 Å². The van der Waals surface area contributed by atoms with Crippen LogP contribution < -0.4 is 0 Å². The van der Waals surface area contributed by atoms with E-state index in [9.17, 15) is 9.50 Å². The summed E-state index contributed by atoms with van der Waals surface area (Å²) in [5.74, 6) is 0.214. The molecule has 1 aromatic heterocycles. The number of aromatic nitrogens is 2. The smallest absolute Gasteiger partial charge is 0.137 e. The largest absolute Gasteiger partial charge is 0.385 e. The van der Waals surface area contributed by atoms with E-state index in [1.54, 1.807) is 12.3 Å². The van der Waals surface area contributed by atoms with E-state index >= 15 is 0 Å². The van der Waals surface area contributed by atoms with Gasteiger partial charge in [0.1, 0.15) is 17.7 Å². The third-order valence-corrected chi connectivity index (χ3v) is 3.17. The Balaban J connectivity index is 2.18. The van der Waals surface area contributed by atoms with Gasteiger partial charge in [0.15, 0.2) is 0 Å². The lowest BCUT2D eigenvalue weighted by atomic mass is 10.1. The highest BCUT2D eigenvalue weighted by atomic mass is 35.5. The highest BCUT2D eigenvalue weighted by Gasteiger charge is 2.15. The zero-order valence-corrected chi connectivity index (χ0v) is 10.7. The number of hydrogen-bond acceptors (Lipinski definition) is 2. The molecule has 96 valence electrons. The first-order valence-corrected chi connectivity index (χ1v) is 6.12. The van der Waals surface area contributed by atoms with E-state index in [0.29, 0.717) is 22.8 Å². The summed E-state index contributed by atoms with van der Waals surface area (Å²) in [5.41, 5.74) is 0.705. The molecule has 1 heterocycles. The number of aliphatic hydroxyl groups is 1. The van der Waals surface area contributed by atoms with E-state index < -0.39 is 6.10 Å². The molecule has 1 atom stereocenters. The fourth-order valence-corrected chi connectivity index (χ4v) is 2.12. The maximum atomic E-state index is 12.9. The molecule has 0 saturated carbocycles. The van der Waals surface area contributed by atoms with Crippen LogP contribution in [0.5, 0.6) is 0 Å². The molecule has 5 heteroatoms. The number of rotatable bonds is 4. The number of benzene rings is 1. The first-order chi connectivity index (χ1) is 8.61. The third kappa shape index (κ3) is 2.71. The summed E-state index contributed by atoms with van der Waals surface area (Å²) in [6, 6.07) is 4.16. The van der Waals surface area contributed by atoms with Crippen molar-refractivity contribution >= 4 is 11.6 Å². The molecule has 0 fully saturated rings. The predicted octanol–water partition coefficient (Wildman–Crippen LogP) is 2.97. The van der Waals surface area contributed by atoms with Gasteiger partial charge in [0.2, 0.25) is 0 Å². The number of halogens is 2. The van der Waals surface area contributed by atoms with Crippen LogP contribution in [0.25, 0.3) is 0 Å². The zero-order chi connectivity index (χ0) is 13.1. The number of imidazole rings is 1. The second-order valence-corrected chi connectivity index (χ2v) is 4.43. The van der Waals surface area contributed by atoms with Crippen molar-refractivity contribution in [3.8, 4) is 0 Å². The van der Waals surface area contributed by atoms with Gasteiger partial charge in [-0.1, -0.05) is 17.7 Å². The fraction of sp³-hybridized carbons (Fsp3) is 0.308. The lowest BCUT2D eigenvalue weighted by Crippen LogP contribution is -2.10. The van der Waals surface area contributed by atoms with Crippen molar-refractivity contribution in [1.82, 2.24) is 9.55 Å². The Morgan fingerprint density at radius 3 is 2.94 bits per heavy atom. The molecule has 1 unspecified atom stereocenters. The predicted molar refractivity (Wildman–Crippen MR) is 68.0 cm³/mol. The Labute approximate surface area is 110 Å². The van der Waals surface area contributed by atoms with Crippen LogP contribution in [0.15, 0.2) is 30.6 Å². The molecule has 0 amide bonds. The van der Waals surface area contributed by atoms with E-state index in [1.807, 2.05) is 17.7 Å². The molecule has 3 nitrogen and oxygen atoms in total. The Kier molecular flexibility index (Phi) is 3.99. The van der Waals surface area contributed by atoms with Gasteiger partial charge in [-0.25, -0.2) is 9.37 Å². The van der Waals surface area contributed by atoms with Crippen molar-refractivity contribution in [3.05, 3.63) is 52.8 Å². The molecule has 1 N–H and O–H groups in total. The summed E-state index contributed by atoms with van der Waals surface area (Å²) < 4.78 is 14.8. The van der Waals surface area contributed by atoms with Crippen LogP contribution >= 0.6 is 11.6 Å². The van der Waals surface area contributed by atoms with Crippen LogP contribution in [0.1, 0.15) is 24.4 Å². The topological polar surface area (TPSA) is 38.0 Å². The summed E-state index contributed by atoms with van der Waals surface area (Å²) in [6.45, 7) is 2.71. The van der Waals surface area contributed by atoms with Gasteiger partial charge in [-0.05, 0) is 24.6 Å². The van der Waals surface area contributed by atoms with E-state index in [1.165, 1.54) is 12.1 Å². The molecule has 2 aromatic rings. The van der Waals surface area contributed by atoms with Gasteiger partial charge in [0.05, 0.1) is 0 Å². The minimum Gasteiger partial charge on any atom is -0.385 e. The van der Waals surface area contributed by atoms with Crippen LogP contribution in [0, 0.1) is 5.82 Å². The van der Waals surface area contributed by atoms with Gasteiger partial charge in [0.25, 0.3) is 0 Å². The Hall–Kier alpha value is -1.39. The normalized spacial score (nSPS) is 12.7. The van der Waals surface area contributed by atoms with Crippen molar-refractivity contribution < 1.29 is 9.50 Å². The molecular weight excluding hydrogens is 255 g/mol. The van der Waals surface area contributed by atoms with Crippen LogP contribution in [-0.4, -0.2) is 14.7 Å². The van der Waals surface area contributed by atoms with Gasteiger partial charge in [-0.15, -0.1) is 0 Å². The molecule has 0 saturated heterocycles. The highest BCUT2D eigenvalue weighted by Crippen LogP contribution is 2.23. The monoisotopic (exact) mass is 268 g/mol. The maximum Gasteiger partial charge on any atom is 0.137 e. The summed E-state index contributed by atoms with van der Waals surface area (Å²) in [5, 5.41) is 10.5. The zero-order valence-electron chi connectivity index (χ0n) is 9.98. The van der Waals surface area contributed by atoms with Gasteiger partial charge >= 0.3 is 0 Å². The van der Waals surface area contributed by atoms with Crippen molar-refractivity contribution in [3.63, 3.8) is 0 Å². The lowest BCUT2D eigenvalue weighted by molar-refractivity contribution is 0.164. The molecule has 0 aliphatic rings. The number of nitrogens with zero attached hydrogens (tertiary/aromatic N) is 2. The molecule has 0 spiro atoms. The minimum absolute atomic E-state index is 0.316. The molecule has 2 rings (SSSR count). The van der Waals surface area contributed by atoms with Crippen molar-refractivity contribution in [1.29, 1.82) is 0 Å². The van der Waals surface area contributed by atoms with Gasteiger partial charge < -0.3 is 9.67 Å². The lowest BCUT2D eigenvalue weighted by Gasteiger charge is -2.13. The average molecular weight is 269 g/mol. The fourth-order valence-electron chi connectivity index (χ4n) is 1.87. The molecule has 0 bridgehead atoms. The SMILES string of the molecule is CCn1ccnc1C(O)Cc1ccc(F)cc1Cl. The molecule has 0 aliphatic heterocycles. The van der Waals surface area contributed by atoms with Crippen LogP contribution in [-0.2, 0) is 13.0 Å². The van der Waals surface area contributed by atoms with Crippen LogP contribution in [0.2, 0.25) is 5.02 Å². The number of aliphatic hydroxyl groups excluding tert-OH is 1. The Morgan fingerprint density at radius 2 is 2.28 bits per heavy atom. The minimum atomic E-state index is -0.747. The van der Waals surface area contributed by atoms with Crippen LogP contribution in [0.3, 0.4) is 0 Å². The third-order valence-electron chi connectivity index (χ3n) is 2.81. The molecule has 18 heavy (non-hydrogen) atoms. The standard InChI is InChI=1S/C13H14ClFN2O/c1-2-17-6-5-16-13(17)12(18)7-9-3-4-10(15)8-11(9)14/h3-6,8,12,18H,2,7H2,1H3. The van der Waals surface area contributed by atoms with E-state index in [4.69, 9.17) is 11.6 Å². The quantitative estimate of drug-likeness (QED) is 0.926. The number of aryl methyl sites for hydroxylation is 1. The first-order valence-electron chi connectivity index (χ1n) is 5.74. The van der Waals surface area contributed by atoms with Gasteiger partial charge in [-0.2, -0.15) is 0 Å². The van der Waals surface area contributed by atoms with Crippen molar-refractivity contribution in [2.75, 3.05) is 0 Å². The number of hydrogen-bond donors (Lipinski definition) is 1. The first kappa shape index (κ1) is 13.1. The second-order valence-electron chi connectivity index (χ2n) is 4.03. The molecular formula is C13H14ClFN2O. The van der Waals surface area contributed by atoms with Gasteiger partial charge in [-0.3, -0.25) is 0 Å². The second kappa shape index (κ2) is 5.50. The summed E-state index contributed by atoms with van der Waals surface area (Å²) in [7, 11) is 0. The summed E-state index contributed by atoms with van der Waals surface area (Å²) in [6.07, 6.45) is 3.03. The Morgan fingerprint density at radius 1 is 1.50 bits per heavy atom. The average Bonchev–Trinajstić information content (AvgIpc) is 2.81. The van der Waals surface area contributed by atoms with Crippen molar-refractivity contribution in [2.24, 2.45) is 0 Å². The summed E-state index contributed by atoms with van der Waals surface area (Å²) in [4.78, 5) is 4.13. The highest BCUT2D eigenvalue weighted by molar-refractivity contribution is 6.31. The van der Waals surface area contributed by atoms with Crippen LogP contribution in [0.4, 0.5) is 4.39 Å². The van der Waals surface area contributed by atoms with E-state index in [-0.39, 0.29) is 5.82 Å². The Bertz CT molecular complexity index is 542.